The van der Waals surface area contributed by atoms with Crippen LogP contribution < -0.4 is 10.1 Å². The van der Waals surface area contributed by atoms with Crippen LogP contribution >= 0.6 is 15.9 Å². The van der Waals surface area contributed by atoms with Crippen molar-refractivity contribution in [1.29, 1.82) is 0 Å². The van der Waals surface area contributed by atoms with Crippen LogP contribution in [0.25, 0.3) is 0 Å². The Kier molecular flexibility index (Phi) is 7.95. The van der Waals surface area contributed by atoms with E-state index in [2.05, 4.69) is 38.3 Å². The number of hydrogen-bond donors (Lipinski definition) is 1. The van der Waals surface area contributed by atoms with Crippen LogP contribution in [-0.4, -0.2) is 31.5 Å². The van der Waals surface area contributed by atoms with Crippen molar-refractivity contribution >= 4 is 21.8 Å². The van der Waals surface area contributed by atoms with Crippen LogP contribution in [0.1, 0.15) is 24.0 Å². The number of nitrogens with zero attached hydrogens (tertiary/aromatic N) is 1. The summed E-state index contributed by atoms with van der Waals surface area (Å²) < 4.78 is 6.63. The van der Waals surface area contributed by atoms with Gasteiger partial charge in [-0.2, -0.15) is 0 Å². The number of benzene rings is 2. The van der Waals surface area contributed by atoms with Gasteiger partial charge in [-0.15, -0.1) is 0 Å². The maximum absolute atomic E-state index is 12.0. The van der Waals surface area contributed by atoms with E-state index in [4.69, 9.17) is 4.74 Å². The van der Waals surface area contributed by atoms with E-state index in [0.29, 0.717) is 26.0 Å². The summed E-state index contributed by atoms with van der Waals surface area (Å²) in [5.41, 5.74) is 2.40. The standard InChI is InChI=1S/C20H25BrN2O2/c1-23(2)15-17-8-4-3-7-16(17)14-22-20(24)11-6-12-25-19-10-5-9-18(21)13-19/h3-5,7-10,13H,6,11-12,14-15H2,1-2H3,(H,22,24). The first-order valence-corrected chi connectivity index (χ1v) is 9.20. The molecule has 0 aliphatic heterocycles. The van der Waals surface area contributed by atoms with E-state index in [-0.39, 0.29) is 5.91 Å². The smallest absolute Gasteiger partial charge is 0.220 e. The average molecular weight is 405 g/mol. The van der Waals surface area contributed by atoms with Gasteiger partial charge in [0.1, 0.15) is 5.75 Å². The summed E-state index contributed by atoms with van der Waals surface area (Å²) in [5, 5.41) is 3.00. The largest absolute Gasteiger partial charge is 0.494 e. The molecule has 2 aromatic carbocycles. The van der Waals surface area contributed by atoms with Gasteiger partial charge in [0.2, 0.25) is 5.91 Å². The lowest BCUT2D eigenvalue weighted by molar-refractivity contribution is -0.121. The second-order valence-corrected chi connectivity index (χ2v) is 7.11. The topological polar surface area (TPSA) is 41.6 Å². The Labute approximate surface area is 158 Å². The Balaban J connectivity index is 1.71. The molecule has 1 amide bonds. The molecule has 0 spiro atoms. The second kappa shape index (κ2) is 10.2. The molecule has 0 saturated carbocycles. The van der Waals surface area contributed by atoms with Crippen LogP contribution in [-0.2, 0) is 17.9 Å². The first-order valence-electron chi connectivity index (χ1n) is 8.41. The lowest BCUT2D eigenvalue weighted by Crippen LogP contribution is -2.24. The molecule has 2 rings (SSSR count). The van der Waals surface area contributed by atoms with E-state index in [1.165, 1.54) is 5.56 Å². The third kappa shape index (κ3) is 7.28. The summed E-state index contributed by atoms with van der Waals surface area (Å²) in [7, 11) is 4.08. The van der Waals surface area contributed by atoms with E-state index in [1.54, 1.807) is 0 Å². The average Bonchev–Trinajstić information content (AvgIpc) is 2.57. The molecule has 5 heteroatoms. The third-order valence-electron chi connectivity index (χ3n) is 3.69. The fourth-order valence-corrected chi connectivity index (χ4v) is 2.86. The van der Waals surface area contributed by atoms with Crippen molar-refractivity contribution in [2.24, 2.45) is 0 Å². The van der Waals surface area contributed by atoms with E-state index in [0.717, 1.165) is 22.3 Å². The van der Waals surface area contributed by atoms with Gasteiger partial charge in [-0.1, -0.05) is 46.3 Å². The highest BCUT2D eigenvalue weighted by Crippen LogP contribution is 2.18. The van der Waals surface area contributed by atoms with Gasteiger partial charge < -0.3 is 15.0 Å². The van der Waals surface area contributed by atoms with Gasteiger partial charge in [0, 0.05) is 24.0 Å². The molecular formula is C20H25BrN2O2. The van der Waals surface area contributed by atoms with E-state index in [9.17, 15) is 4.79 Å². The van der Waals surface area contributed by atoms with Crippen molar-refractivity contribution in [2.45, 2.75) is 25.9 Å². The Morgan fingerprint density at radius 2 is 1.88 bits per heavy atom. The van der Waals surface area contributed by atoms with Crippen molar-refractivity contribution in [2.75, 3.05) is 20.7 Å². The molecule has 0 saturated heterocycles. The summed E-state index contributed by atoms with van der Waals surface area (Å²) in [6.07, 6.45) is 1.15. The lowest BCUT2D eigenvalue weighted by Gasteiger charge is -2.14. The van der Waals surface area contributed by atoms with Gasteiger partial charge in [-0.05, 0) is 49.8 Å². The maximum atomic E-state index is 12.0. The van der Waals surface area contributed by atoms with Crippen LogP contribution in [0, 0.1) is 0 Å². The number of rotatable bonds is 9. The second-order valence-electron chi connectivity index (χ2n) is 6.19. The first kappa shape index (κ1) is 19.5. The quantitative estimate of drug-likeness (QED) is 0.642. The molecule has 134 valence electrons. The van der Waals surface area contributed by atoms with E-state index in [1.807, 2.05) is 50.5 Å². The monoisotopic (exact) mass is 404 g/mol. The normalized spacial score (nSPS) is 10.7. The molecule has 1 N–H and O–H groups in total. The minimum atomic E-state index is 0.0532. The molecular weight excluding hydrogens is 380 g/mol. The highest BCUT2D eigenvalue weighted by molar-refractivity contribution is 9.10. The Morgan fingerprint density at radius 1 is 1.12 bits per heavy atom. The zero-order valence-corrected chi connectivity index (χ0v) is 16.4. The van der Waals surface area contributed by atoms with Crippen molar-refractivity contribution in [3.8, 4) is 5.75 Å². The minimum absolute atomic E-state index is 0.0532. The maximum Gasteiger partial charge on any atom is 0.220 e. The van der Waals surface area contributed by atoms with Gasteiger partial charge >= 0.3 is 0 Å². The number of hydrogen-bond acceptors (Lipinski definition) is 3. The highest BCUT2D eigenvalue weighted by Gasteiger charge is 2.06. The summed E-state index contributed by atoms with van der Waals surface area (Å²) in [5.74, 6) is 0.866. The van der Waals surface area contributed by atoms with Gasteiger partial charge in [0.25, 0.3) is 0 Å². The molecule has 0 atom stereocenters. The van der Waals surface area contributed by atoms with Gasteiger partial charge in [0.15, 0.2) is 0 Å². The zero-order chi connectivity index (χ0) is 18.1. The molecule has 0 aliphatic carbocycles. The zero-order valence-electron chi connectivity index (χ0n) is 14.8. The fraction of sp³-hybridized carbons (Fsp3) is 0.350. The van der Waals surface area contributed by atoms with Gasteiger partial charge in [0.05, 0.1) is 6.61 Å². The number of nitrogens with one attached hydrogen (secondary N) is 1. The number of carbonyl (C=O) groups is 1. The summed E-state index contributed by atoms with van der Waals surface area (Å²) in [6.45, 7) is 1.96. The molecule has 0 aromatic heterocycles. The predicted molar refractivity (Wildman–Crippen MR) is 105 cm³/mol. The lowest BCUT2D eigenvalue weighted by atomic mass is 10.1. The van der Waals surface area contributed by atoms with Crippen LogP contribution in [0.3, 0.4) is 0 Å². The SMILES string of the molecule is CN(C)Cc1ccccc1CNC(=O)CCCOc1cccc(Br)c1. The molecule has 0 aliphatic rings. The van der Waals surface area contributed by atoms with Gasteiger partial charge in [-0.3, -0.25) is 4.79 Å². The number of amides is 1. The van der Waals surface area contributed by atoms with Crippen LogP contribution in [0.2, 0.25) is 0 Å². The number of halogens is 1. The van der Waals surface area contributed by atoms with E-state index < -0.39 is 0 Å². The fourth-order valence-electron chi connectivity index (χ4n) is 2.49. The van der Waals surface area contributed by atoms with Crippen LogP contribution in [0.4, 0.5) is 0 Å². The third-order valence-corrected chi connectivity index (χ3v) is 4.19. The Bertz CT molecular complexity index is 689. The molecule has 25 heavy (non-hydrogen) atoms. The Morgan fingerprint density at radius 3 is 2.60 bits per heavy atom. The van der Waals surface area contributed by atoms with Crippen molar-refractivity contribution in [3.05, 3.63) is 64.1 Å². The molecule has 4 nitrogen and oxygen atoms in total. The molecule has 0 bridgehead atoms. The van der Waals surface area contributed by atoms with Crippen molar-refractivity contribution in [1.82, 2.24) is 10.2 Å². The summed E-state index contributed by atoms with van der Waals surface area (Å²) in [6, 6.07) is 15.9. The summed E-state index contributed by atoms with van der Waals surface area (Å²) in [4.78, 5) is 14.2. The summed E-state index contributed by atoms with van der Waals surface area (Å²) >= 11 is 3.41. The van der Waals surface area contributed by atoms with Crippen LogP contribution in [0.15, 0.2) is 53.0 Å². The highest BCUT2D eigenvalue weighted by atomic mass is 79.9. The van der Waals surface area contributed by atoms with Crippen molar-refractivity contribution < 1.29 is 9.53 Å². The number of ether oxygens (including phenoxy) is 1. The minimum Gasteiger partial charge on any atom is -0.494 e. The first-order chi connectivity index (χ1) is 12.0. The predicted octanol–water partition coefficient (Wildman–Crippen LogP) is 3.99. The van der Waals surface area contributed by atoms with E-state index >= 15 is 0 Å². The molecule has 0 unspecified atom stereocenters. The Hall–Kier alpha value is -1.85. The molecule has 2 aromatic rings. The molecule has 0 radical (unpaired) electrons. The molecule has 0 heterocycles. The number of carbonyl (C=O) groups excluding carboxylic acids is 1. The van der Waals surface area contributed by atoms with Crippen LogP contribution in [0.5, 0.6) is 5.75 Å². The van der Waals surface area contributed by atoms with Gasteiger partial charge in [-0.25, -0.2) is 0 Å². The van der Waals surface area contributed by atoms with Crippen molar-refractivity contribution in [3.63, 3.8) is 0 Å². The molecule has 0 fully saturated rings.